The molecule has 6 heteroatoms. The Hall–Kier alpha value is -1.000. The number of aliphatic hydroxyl groups excluding tert-OH is 1. The fourth-order valence-corrected chi connectivity index (χ4v) is 3.85. The Morgan fingerprint density at radius 2 is 1.81 bits per heavy atom. The number of hydrogen-bond acceptors (Lipinski definition) is 3. The second-order valence-electron chi connectivity index (χ2n) is 4.47. The third-order valence-corrected chi connectivity index (χ3v) is 5.18. The number of aliphatic hydroxyl groups is 1. The van der Waals surface area contributed by atoms with Gasteiger partial charge in [-0.1, -0.05) is 58.7 Å². The number of nitrogens with one attached hydrogen (secondary N) is 1. The van der Waals surface area contributed by atoms with E-state index in [1.807, 2.05) is 24.3 Å². The molecule has 0 bridgehead atoms. The topological polar surface area (TPSA) is 32.3 Å². The van der Waals surface area contributed by atoms with Gasteiger partial charge in [-0.2, -0.15) is 0 Å². The van der Waals surface area contributed by atoms with E-state index in [-0.39, 0.29) is 5.76 Å². The average molecular weight is 359 g/mol. The summed E-state index contributed by atoms with van der Waals surface area (Å²) in [5.74, 6) is 0.162. The Kier molecular flexibility index (Phi) is 4.27. The number of hydrogen-bond donors (Lipinski definition) is 2. The minimum absolute atomic E-state index is 0.162. The fraction of sp³-hybridized carbons (Fsp3) is 0.0667. The molecule has 2 N–H and O–H groups in total. The van der Waals surface area contributed by atoms with Crippen molar-refractivity contribution in [2.75, 3.05) is 11.9 Å². The van der Waals surface area contributed by atoms with Crippen LogP contribution < -0.4 is 5.32 Å². The van der Waals surface area contributed by atoms with E-state index in [4.69, 9.17) is 34.8 Å². The Morgan fingerprint density at radius 3 is 2.57 bits per heavy atom. The number of fused-ring (bicyclic) bond motifs is 1. The second-order valence-corrected chi connectivity index (χ2v) is 6.86. The predicted molar refractivity (Wildman–Crippen MR) is 91.8 cm³/mol. The standard InChI is InChI=1S/C15H10Cl3NOS/c16-8-5-10(18)14-11(6-8)19-7-13(15(14)20)21-12-4-2-1-3-9(12)17/h1-6,19-20H,7H2. The van der Waals surface area contributed by atoms with Crippen LogP contribution in [0.2, 0.25) is 15.1 Å². The average Bonchev–Trinajstić information content (AvgIpc) is 2.43. The van der Waals surface area contributed by atoms with Gasteiger partial charge in [0, 0.05) is 15.6 Å². The van der Waals surface area contributed by atoms with Gasteiger partial charge in [-0.15, -0.1) is 0 Å². The molecule has 0 aromatic heterocycles. The van der Waals surface area contributed by atoms with E-state index in [0.29, 0.717) is 27.2 Å². The molecule has 21 heavy (non-hydrogen) atoms. The first-order chi connectivity index (χ1) is 10.1. The minimum atomic E-state index is 0.162. The highest BCUT2D eigenvalue weighted by molar-refractivity contribution is 8.03. The van der Waals surface area contributed by atoms with Gasteiger partial charge in [0.15, 0.2) is 0 Å². The van der Waals surface area contributed by atoms with Crippen LogP contribution in [-0.4, -0.2) is 11.7 Å². The van der Waals surface area contributed by atoms with E-state index < -0.39 is 0 Å². The fourth-order valence-electron chi connectivity index (χ4n) is 2.10. The molecule has 1 heterocycles. The maximum Gasteiger partial charge on any atom is 0.138 e. The molecule has 2 aromatic carbocycles. The van der Waals surface area contributed by atoms with Crippen molar-refractivity contribution in [3.8, 4) is 0 Å². The molecule has 3 rings (SSSR count). The lowest BCUT2D eigenvalue weighted by Gasteiger charge is -2.22. The van der Waals surface area contributed by atoms with Crippen molar-refractivity contribution >= 4 is 58.0 Å². The summed E-state index contributed by atoms with van der Waals surface area (Å²) in [7, 11) is 0. The SMILES string of the molecule is OC1=C(Sc2ccccc2Cl)CNc2cc(Cl)cc(Cl)c21. The van der Waals surface area contributed by atoms with E-state index in [0.717, 1.165) is 15.5 Å². The van der Waals surface area contributed by atoms with Crippen LogP contribution in [0.15, 0.2) is 46.2 Å². The summed E-state index contributed by atoms with van der Waals surface area (Å²) in [6.07, 6.45) is 0. The zero-order valence-corrected chi connectivity index (χ0v) is 13.7. The Balaban J connectivity index is 2.02. The van der Waals surface area contributed by atoms with E-state index in [1.54, 1.807) is 12.1 Å². The van der Waals surface area contributed by atoms with E-state index in [2.05, 4.69) is 5.32 Å². The van der Waals surface area contributed by atoms with Gasteiger partial charge in [0.05, 0.1) is 27.1 Å². The molecule has 1 aliphatic rings. The molecule has 1 aliphatic heterocycles. The van der Waals surface area contributed by atoms with Gasteiger partial charge in [-0.05, 0) is 24.3 Å². The van der Waals surface area contributed by atoms with Crippen molar-refractivity contribution in [1.82, 2.24) is 0 Å². The van der Waals surface area contributed by atoms with Crippen molar-refractivity contribution in [3.05, 3.63) is 61.9 Å². The zero-order chi connectivity index (χ0) is 15.0. The highest BCUT2D eigenvalue weighted by Gasteiger charge is 2.22. The lowest BCUT2D eigenvalue weighted by Crippen LogP contribution is -2.13. The van der Waals surface area contributed by atoms with Crippen molar-refractivity contribution in [1.29, 1.82) is 0 Å². The molecule has 0 fully saturated rings. The first-order valence-electron chi connectivity index (χ1n) is 6.14. The molecule has 0 aliphatic carbocycles. The molecule has 0 atom stereocenters. The van der Waals surface area contributed by atoms with Crippen LogP contribution in [0.1, 0.15) is 5.56 Å². The molecule has 0 radical (unpaired) electrons. The largest absolute Gasteiger partial charge is 0.506 e. The predicted octanol–water partition coefficient (Wildman–Crippen LogP) is 6.09. The molecule has 0 amide bonds. The molecule has 0 spiro atoms. The van der Waals surface area contributed by atoms with Gasteiger partial charge in [-0.25, -0.2) is 0 Å². The van der Waals surface area contributed by atoms with Crippen LogP contribution in [0.4, 0.5) is 5.69 Å². The summed E-state index contributed by atoms with van der Waals surface area (Å²) in [6, 6.07) is 10.9. The summed E-state index contributed by atoms with van der Waals surface area (Å²) in [6.45, 7) is 0.491. The van der Waals surface area contributed by atoms with Gasteiger partial charge in [0.2, 0.25) is 0 Å². The normalized spacial score (nSPS) is 13.9. The third kappa shape index (κ3) is 2.97. The second kappa shape index (κ2) is 6.01. The van der Waals surface area contributed by atoms with Crippen molar-refractivity contribution in [3.63, 3.8) is 0 Å². The maximum atomic E-state index is 10.5. The highest BCUT2D eigenvalue weighted by Crippen LogP contribution is 2.43. The first-order valence-corrected chi connectivity index (χ1v) is 8.09. The smallest absolute Gasteiger partial charge is 0.138 e. The van der Waals surface area contributed by atoms with Gasteiger partial charge in [0.1, 0.15) is 5.76 Å². The molecular formula is C15H10Cl3NOS. The summed E-state index contributed by atoms with van der Waals surface area (Å²) >= 11 is 19.7. The van der Waals surface area contributed by atoms with Crippen LogP contribution >= 0.6 is 46.6 Å². The summed E-state index contributed by atoms with van der Waals surface area (Å²) in [5.41, 5.74) is 1.30. The van der Waals surface area contributed by atoms with E-state index >= 15 is 0 Å². The van der Waals surface area contributed by atoms with Crippen LogP contribution in [-0.2, 0) is 0 Å². The quantitative estimate of drug-likeness (QED) is 0.681. The number of benzene rings is 2. The zero-order valence-electron chi connectivity index (χ0n) is 10.7. The molecular weight excluding hydrogens is 349 g/mol. The maximum absolute atomic E-state index is 10.5. The van der Waals surface area contributed by atoms with E-state index in [9.17, 15) is 5.11 Å². The molecule has 0 saturated carbocycles. The Bertz CT molecular complexity index is 746. The van der Waals surface area contributed by atoms with Crippen molar-refractivity contribution < 1.29 is 5.11 Å². The molecule has 0 saturated heterocycles. The van der Waals surface area contributed by atoms with Gasteiger partial charge < -0.3 is 10.4 Å². The molecule has 2 nitrogen and oxygen atoms in total. The van der Waals surface area contributed by atoms with Crippen LogP contribution in [0.3, 0.4) is 0 Å². The lowest BCUT2D eigenvalue weighted by atomic mass is 10.1. The molecule has 108 valence electrons. The van der Waals surface area contributed by atoms with Crippen molar-refractivity contribution in [2.45, 2.75) is 4.90 Å². The van der Waals surface area contributed by atoms with Crippen LogP contribution in [0.5, 0.6) is 0 Å². The highest BCUT2D eigenvalue weighted by atomic mass is 35.5. The molecule has 0 unspecified atom stereocenters. The molecule has 2 aromatic rings. The number of thioether (sulfide) groups is 1. The van der Waals surface area contributed by atoms with Crippen LogP contribution in [0, 0.1) is 0 Å². The van der Waals surface area contributed by atoms with Gasteiger partial charge in [-0.3, -0.25) is 0 Å². The van der Waals surface area contributed by atoms with Gasteiger partial charge in [0.25, 0.3) is 0 Å². The number of halogens is 3. The third-order valence-electron chi connectivity index (χ3n) is 3.07. The van der Waals surface area contributed by atoms with Gasteiger partial charge >= 0.3 is 0 Å². The first kappa shape index (κ1) is 14.9. The summed E-state index contributed by atoms with van der Waals surface area (Å²) < 4.78 is 0. The summed E-state index contributed by atoms with van der Waals surface area (Å²) in [5, 5.41) is 15.3. The Morgan fingerprint density at radius 1 is 1.05 bits per heavy atom. The number of rotatable bonds is 2. The monoisotopic (exact) mass is 357 g/mol. The van der Waals surface area contributed by atoms with Crippen molar-refractivity contribution in [2.24, 2.45) is 0 Å². The van der Waals surface area contributed by atoms with Crippen LogP contribution in [0.25, 0.3) is 5.76 Å². The minimum Gasteiger partial charge on any atom is -0.506 e. The summed E-state index contributed by atoms with van der Waals surface area (Å²) in [4.78, 5) is 1.65. The Labute approximate surface area is 141 Å². The van der Waals surface area contributed by atoms with E-state index in [1.165, 1.54) is 11.8 Å². The number of anilines is 1. The lowest BCUT2D eigenvalue weighted by molar-refractivity contribution is 0.508.